The maximum Gasteiger partial charge on any atom is 0.323 e. The smallest absolute Gasteiger partial charge is 0.323 e. The van der Waals surface area contributed by atoms with Gasteiger partial charge in [0, 0.05) is 13.7 Å². The van der Waals surface area contributed by atoms with Crippen LogP contribution >= 0.6 is 0 Å². The Morgan fingerprint density at radius 2 is 1.50 bits per heavy atom. The number of carbonyl (C=O) groups excluding carboxylic acids is 2. The van der Waals surface area contributed by atoms with Gasteiger partial charge in [0.25, 0.3) is 0 Å². The maximum absolute atomic E-state index is 12.2. The Bertz CT molecular complexity index is 255. The first-order valence-corrected chi connectivity index (χ1v) is 6.30. The lowest BCUT2D eigenvalue weighted by Crippen LogP contribution is -2.47. The van der Waals surface area contributed by atoms with Crippen molar-refractivity contribution in [1.82, 2.24) is 0 Å². The van der Waals surface area contributed by atoms with Crippen LogP contribution in [0.25, 0.3) is 0 Å². The molecule has 0 N–H and O–H groups in total. The van der Waals surface area contributed by atoms with Crippen molar-refractivity contribution in [3.8, 4) is 0 Å². The molecule has 0 fully saturated rings. The standard InChI is InChI=1S/C13H24O5/c1-6-17-11(14)13(10(3)4,8-9-16-5)12(15)18-7-2/h10H,6-9H2,1-5H3. The maximum atomic E-state index is 12.2. The van der Waals surface area contributed by atoms with E-state index < -0.39 is 17.4 Å². The Balaban J connectivity index is 5.27. The van der Waals surface area contributed by atoms with Crippen LogP contribution in [0.2, 0.25) is 0 Å². The van der Waals surface area contributed by atoms with Crippen molar-refractivity contribution in [3.05, 3.63) is 0 Å². The van der Waals surface area contributed by atoms with E-state index in [2.05, 4.69) is 0 Å². The van der Waals surface area contributed by atoms with Crippen molar-refractivity contribution in [2.24, 2.45) is 11.3 Å². The van der Waals surface area contributed by atoms with E-state index in [4.69, 9.17) is 14.2 Å². The zero-order valence-electron chi connectivity index (χ0n) is 11.9. The molecule has 5 nitrogen and oxygen atoms in total. The molecule has 0 aliphatic heterocycles. The minimum absolute atomic E-state index is 0.217. The highest BCUT2D eigenvalue weighted by molar-refractivity contribution is 6.00. The predicted molar refractivity (Wildman–Crippen MR) is 67.0 cm³/mol. The third-order valence-corrected chi connectivity index (χ3v) is 2.97. The topological polar surface area (TPSA) is 61.8 Å². The fourth-order valence-corrected chi connectivity index (χ4v) is 1.83. The SMILES string of the molecule is CCOC(=O)C(CCOC)(C(=O)OCC)C(C)C. The molecular weight excluding hydrogens is 236 g/mol. The molecule has 0 aromatic heterocycles. The van der Waals surface area contributed by atoms with Gasteiger partial charge in [-0.15, -0.1) is 0 Å². The molecule has 0 aromatic carbocycles. The van der Waals surface area contributed by atoms with Crippen LogP contribution in [-0.4, -0.2) is 38.9 Å². The second-order valence-electron chi connectivity index (χ2n) is 4.31. The van der Waals surface area contributed by atoms with Gasteiger partial charge < -0.3 is 14.2 Å². The van der Waals surface area contributed by atoms with E-state index in [1.807, 2.05) is 13.8 Å². The summed E-state index contributed by atoms with van der Waals surface area (Å²) >= 11 is 0. The zero-order valence-corrected chi connectivity index (χ0v) is 11.9. The average Bonchev–Trinajstić information content (AvgIpc) is 2.30. The Kier molecular flexibility index (Phi) is 7.59. The van der Waals surface area contributed by atoms with Gasteiger partial charge in [0.1, 0.15) is 0 Å². The minimum atomic E-state index is -1.28. The quantitative estimate of drug-likeness (QED) is 0.492. The monoisotopic (exact) mass is 260 g/mol. The summed E-state index contributed by atoms with van der Waals surface area (Å²) in [5.74, 6) is -1.28. The molecule has 18 heavy (non-hydrogen) atoms. The Morgan fingerprint density at radius 1 is 1.06 bits per heavy atom. The molecule has 0 radical (unpaired) electrons. The van der Waals surface area contributed by atoms with Crippen LogP contribution in [-0.2, 0) is 23.8 Å². The third-order valence-electron chi connectivity index (χ3n) is 2.97. The highest BCUT2D eigenvalue weighted by atomic mass is 16.6. The summed E-state index contributed by atoms with van der Waals surface area (Å²) in [5.41, 5.74) is -1.28. The molecule has 0 unspecified atom stereocenters. The van der Waals surface area contributed by atoms with Gasteiger partial charge in [-0.3, -0.25) is 9.59 Å². The fourth-order valence-electron chi connectivity index (χ4n) is 1.83. The van der Waals surface area contributed by atoms with Crippen molar-refractivity contribution in [1.29, 1.82) is 0 Å². The number of ether oxygens (including phenoxy) is 3. The number of methoxy groups -OCH3 is 1. The van der Waals surface area contributed by atoms with E-state index in [0.29, 0.717) is 6.61 Å². The van der Waals surface area contributed by atoms with Crippen LogP contribution in [0.4, 0.5) is 0 Å². The second kappa shape index (κ2) is 8.08. The van der Waals surface area contributed by atoms with Crippen molar-refractivity contribution < 1.29 is 23.8 Å². The van der Waals surface area contributed by atoms with Gasteiger partial charge in [0.2, 0.25) is 0 Å². The molecule has 0 rings (SSSR count). The van der Waals surface area contributed by atoms with E-state index in [0.717, 1.165) is 0 Å². The van der Waals surface area contributed by atoms with Gasteiger partial charge in [-0.2, -0.15) is 0 Å². The fraction of sp³-hybridized carbons (Fsp3) is 0.846. The van der Waals surface area contributed by atoms with Gasteiger partial charge in [-0.25, -0.2) is 0 Å². The number of carbonyl (C=O) groups is 2. The number of hydrogen-bond donors (Lipinski definition) is 0. The lowest BCUT2D eigenvalue weighted by Gasteiger charge is -2.32. The van der Waals surface area contributed by atoms with Crippen LogP contribution in [0.3, 0.4) is 0 Å². The Morgan fingerprint density at radius 3 is 1.78 bits per heavy atom. The van der Waals surface area contributed by atoms with E-state index >= 15 is 0 Å². The van der Waals surface area contributed by atoms with Crippen LogP contribution in [0.5, 0.6) is 0 Å². The molecule has 0 aliphatic carbocycles. The summed E-state index contributed by atoms with van der Waals surface area (Å²) in [5, 5.41) is 0. The van der Waals surface area contributed by atoms with Crippen LogP contribution in [0.1, 0.15) is 34.1 Å². The predicted octanol–water partition coefficient (Wildman–Crippen LogP) is 1.79. The average molecular weight is 260 g/mol. The number of hydrogen-bond acceptors (Lipinski definition) is 5. The van der Waals surface area contributed by atoms with Crippen molar-refractivity contribution >= 4 is 11.9 Å². The van der Waals surface area contributed by atoms with E-state index in [1.165, 1.54) is 7.11 Å². The first-order valence-electron chi connectivity index (χ1n) is 6.30. The van der Waals surface area contributed by atoms with Crippen LogP contribution < -0.4 is 0 Å². The molecule has 0 heterocycles. The molecule has 5 heteroatoms. The first kappa shape index (κ1) is 16.9. The number of esters is 2. The molecule has 0 spiro atoms. The molecule has 0 bridgehead atoms. The lowest BCUT2D eigenvalue weighted by molar-refractivity contribution is -0.177. The van der Waals surface area contributed by atoms with Gasteiger partial charge in [0.05, 0.1) is 13.2 Å². The third kappa shape index (κ3) is 3.70. The highest BCUT2D eigenvalue weighted by Gasteiger charge is 2.51. The van der Waals surface area contributed by atoms with Crippen LogP contribution in [0.15, 0.2) is 0 Å². The Labute approximate surface area is 109 Å². The van der Waals surface area contributed by atoms with Crippen molar-refractivity contribution in [2.75, 3.05) is 26.9 Å². The summed E-state index contributed by atoms with van der Waals surface area (Å²) < 4.78 is 15.1. The van der Waals surface area contributed by atoms with E-state index in [-0.39, 0.29) is 25.6 Å². The molecule has 0 saturated carbocycles. The van der Waals surface area contributed by atoms with Gasteiger partial charge in [0.15, 0.2) is 5.41 Å². The number of rotatable bonds is 8. The van der Waals surface area contributed by atoms with Gasteiger partial charge in [-0.05, 0) is 26.2 Å². The second-order valence-corrected chi connectivity index (χ2v) is 4.31. The van der Waals surface area contributed by atoms with Gasteiger partial charge >= 0.3 is 11.9 Å². The molecular formula is C13H24O5. The molecule has 0 aliphatic rings. The summed E-state index contributed by atoms with van der Waals surface area (Å²) in [6.45, 7) is 7.82. The molecule has 106 valence electrons. The van der Waals surface area contributed by atoms with E-state index in [9.17, 15) is 9.59 Å². The summed E-state index contributed by atoms with van der Waals surface area (Å²) in [6, 6.07) is 0. The van der Waals surface area contributed by atoms with Crippen LogP contribution in [0, 0.1) is 11.3 Å². The van der Waals surface area contributed by atoms with E-state index in [1.54, 1.807) is 13.8 Å². The van der Waals surface area contributed by atoms with Crippen molar-refractivity contribution in [2.45, 2.75) is 34.1 Å². The first-order chi connectivity index (χ1) is 8.47. The summed E-state index contributed by atoms with van der Waals surface area (Å²) in [7, 11) is 1.53. The van der Waals surface area contributed by atoms with Crippen molar-refractivity contribution in [3.63, 3.8) is 0 Å². The summed E-state index contributed by atoms with van der Waals surface area (Å²) in [6.07, 6.45) is 0.263. The molecule has 0 amide bonds. The molecule has 0 aromatic rings. The zero-order chi connectivity index (χ0) is 14.2. The lowest BCUT2D eigenvalue weighted by atomic mass is 9.74. The minimum Gasteiger partial charge on any atom is -0.465 e. The Hall–Kier alpha value is -1.10. The highest BCUT2D eigenvalue weighted by Crippen LogP contribution is 2.35. The van der Waals surface area contributed by atoms with Gasteiger partial charge in [-0.1, -0.05) is 13.8 Å². The largest absolute Gasteiger partial charge is 0.465 e. The normalized spacial score (nSPS) is 11.4. The summed E-state index contributed by atoms with van der Waals surface area (Å²) in [4.78, 5) is 24.3. The molecule has 0 atom stereocenters. The molecule has 0 saturated heterocycles.